The predicted octanol–water partition coefficient (Wildman–Crippen LogP) is 2.20. The molecule has 0 radical (unpaired) electrons. The van der Waals surface area contributed by atoms with Crippen molar-refractivity contribution in [1.29, 1.82) is 0 Å². The fraction of sp³-hybridized carbons (Fsp3) is 0.750. The van der Waals surface area contributed by atoms with E-state index in [-0.39, 0.29) is 5.71 Å². The molecule has 0 bridgehead atoms. The molecular formula is C12H21NO4. The van der Waals surface area contributed by atoms with Crippen molar-refractivity contribution in [1.82, 2.24) is 0 Å². The Morgan fingerprint density at radius 1 is 1.12 bits per heavy atom. The van der Waals surface area contributed by atoms with Gasteiger partial charge in [0.05, 0.1) is 6.42 Å². The third kappa shape index (κ3) is 9.53. The van der Waals surface area contributed by atoms with Crippen LogP contribution >= 0.6 is 0 Å². The first-order valence-electron chi connectivity index (χ1n) is 5.92. The summed E-state index contributed by atoms with van der Waals surface area (Å²) in [7, 11) is 0. The van der Waals surface area contributed by atoms with Gasteiger partial charge in [-0.15, -0.1) is 0 Å². The van der Waals surface area contributed by atoms with E-state index in [1.54, 1.807) is 0 Å². The zero-order chi connectivity index (χ0) is 13.3. The van der Waals surface area contributed by atoms with Crippen LogP contribution in [-0.4, -0.2) is 34.4 Å². The van der Waals surface area contributed by atoms with Gasteiger partial charge in [-0.3, -0.25) is 9.79 Å². The number of carbonyl (C=O) groups is 2. The van der Waals surface area contributed by atoms with Crippen molar-refractivity contribution < 1.29 is 19.8 Å². The number of rotatable bonds is 9. The van der Waals surface area contributed by atoms with E-state index in [0.717, 1.165) is 25.7 Å². The van der Waals surface area contributed by atoms with Gasteiger partial charge < -0.3 is 10.2 Å². The molecule has 0 spiro atoms. The summed E-state index contributed by atoms with van der Waals surface area (Å²) >= 11 is 0. The van der Waals surface area contributed by atoms with Gasteiger partial charge in [-0.2, -0.15) is 0 Å². The topological polar surface area (TPSA) is 87.0 Å². The van der Waals surface area contributed by atoms with Crippen LogP contribution < -0.4 is 0 Å². The van der Waals surface area contributed by atoms with Gasteiger partial charge in [0.15, 0.2) is 0 Å². The summed E-state index contributed by atoms with van der Waals surface area (Å²) in [5.41, 5.74) is -0.263. The number of unbranched alkanes of at least 4 members (excludes halogenated alkanes) is 2. The number of aliphatic carboxylic acids is 2. The van der Waals surface area contributed by atoms with Crippen LogP contribution in [0.4, 0.5) is 0 Å². The average molecular weight is 243 g/mol. The predicted molar refractivity (Wildman–Crippen MR) is 65.5 cm³/mol. The lowest BCUT2D eigenvalue weighted by Crippen LogP contribution is -2.17. The van der Waals surface area contributed by atoms with Gasteiger partial charge in [0.2, 0.25) is 0 Å². The van der Waals surface area contributed by atoms with Crippen LogP contribution in [-0.2, 0) is 9.59 Å². The van der Waals surface area contributed by atoms with Crippen LogP contribution in [0.5, 0.6) is 0 Å². The molecule has 5 nitrogen and oxygen atoms in total. The van der Waals surface area contributed by atoms with E-state index in [1.165, 1.54) is 0 Å². The first-order chi connectivity index (χ1) is 7.93. The number of nitrogens with zero attached hydrogens (tertiary/aromatic N) is 1. The van der Waals surface area contributed by atoms with Crippen molar-refractivity contribution in [2.45, 2.75) is 46.0 Å². The third-order valence-electron chi connectivity index (χ3n) is 2.31. The molecule has 0 saturated carbocycles. The summed E-state index contributed by atoms with van der Waals surface area (Å²) in [4.78, 5) is 24.8. The Bertz CT molecular complexity index is 284. The van der Waals surface area contributed by atoms with Crippen molar-refractivity contribution >= 4 is 17.7 Å². The first kappa shape index (κ1) is 15.6. The minimum absolute atomic E-state index is 0.263. The SMILES string of the molecule is CC(C)CCCCCN=C(CC(=O)O)C(=O)O. The molecule has 0 aliphatic rings. The standard InChI is InChI=1S/C12H21NO4/c1-9(2)6-4-3-5-7-13-10(12(16)17)8-11(14)15/h9H,3-8H2,1-2H3,(H,14,15)(H,16,17). The van der Waals surface area contributed by atoms with Gasteiger partial charge >= 0.3 is 11.9 Å². The summed E-state index contributed by atoms with van der Waals surface area (Å²) in [5, 5.41) is 17.2. The quantitative estimate of drug-likeness (QED) is 0.480. The Kier molecular flexibility index (Phi) is 8.01. The van der Waals surface area contributed by atoms with E-state index in [4.69, 9.17) is 10.2 Å². The molecule has 0 aromatic heterocycles. The summed E-state index contributed by atoms with van der Waals surface area (Å²) in [6, 6.07) is 0. The second kappa shape index (κ2) is 8.73. The van der Waals surface area contributed by atoms with Crippen molar-refractivity contribution in [3.8, 4) is 0 Å². The zero-order valence-electron chi connectivity index (χ0n) is 10.5. The summed E-state index contributed by atoms with van der Waals surface area (Å²) in [6.45, 7) is 4.72. The second-order valence-corrected chi connectivity index (χ2v) is 4.45. The Balaban J connectivity index is 3.85. The van der Waals surface area contributed by atoms with Gasteiger partial charge in [0, 0.05) is 6.54 Å². The van der Waals surface area contributed by atoms with E-state index < -0.39 is 18.4 Å². The van der Waals surface area contributed by atoms with Crippen LogP contribution in [0.25, 0.3) is 0 Å². The Morgan fingerprint density at radius 2 is 1.76 bits per heavy atom. The average Bonchev–Trinajstić information content (AvgIpc) is 2.20. The second-order valence-electron chi connectivity index (χ2n) is 4.45. The molecule has 98 valence electrons. The van der Waals surface area contributed by atoms with Gasteiger partial charge in [-0.1, -0.05) is 33.1 Å². The molecule has 0 fully saturated rings. The highest BCUT2D eigenvalue weighted by Gasteiger charge is 2.12. The monoisotopic (exact) mass is 243 g/mol. The van der Waals surface area contributed by atoms with Crippen molar-refractivity contribution in [2.75, 3.05) is 6.54 Å². The van der Waals surface area contributed by atoms with Crippen LogP contribution in [0.3, 0.4) is 0 Å². The van der Waals surface area contributed by atoms with Gasteiger partial charge in [0.25, 0.3) is 0 Å². The number of aliphatic imine (C=N–C) groups is 1. The van der Waals surface area contributed by atoms with Crippen molar-refractivity contribution in [2.24, 2.45) is 10.9 Å². The number of carboxylic acid groups (broad SMARTS) is 2. The minimum atomic E-state index is -1.24. The molecule has 0 aromatic carbocycles. The van der Waals surface area contributed by atoms with Gasteiger partial charge in [0.1, 0.15) is 5.71 Å². The highest BCUT2D eigenvalue weighted by Crippen LogP contribution is 2.08. The minimum Gasteiger partial charge on any atom is -0.481 e. The molecule has 0 atom stereocenters. The molecule has 0 amide bonds. The van der Waals surface area contributed by atoms with Crippen molar-refractivity contribution in [3.05, 3.63) is 0 Å². The maximum absolute atomic E-state index is 10.7. The number of hydrogen-bond acceptors (Lipinski definition) is 3. The zero-order valence-corrected chi connectivity index (χ0v) is 10.5. The lowest BCUT2D eigenvalue weighted by atomic mass is 10.1. The maximum Gasteiger partial charge on any atom is 0.350 e. The van der Waals surface area contributed by atoms with Gasteiger partial charge in [-0.25, -0.2) is 4.79 Å². The van der Waals surface area contributed by atoms with E-state index in [9.17, 15) is 9.59 Å². The van der Waals surface area contributed by atoms with E-state index in [0.29, 0.717) is 12.5 Å². The highest BCUT2D eigenvalue weighted by atomic mass is 16.4. The van der Waals surface area contributed by atoms with Gasteiger partial charge in [-0.05, 0) is 12.3 Å². The number of carboxylic acids is 2. The molecule has 0 rings (SSSR count). The lowest BCUT2D eigenvalue weighted by molar-refractivity contribution is -0.137. The van der Waals surface area contributed by atoms with Crippen LogP contribution in [0.2, 0.25) is 0 Å². The maximum atomic E-state index is 10.7. The Labute approximate surface area is 102 Å². The molecule has 0 aromatic rings. The molecule has 0 unspecified atom stereocenters. The van der Waals surface area contributed by atoms with Crippen LogP contribution in [0.1, 0.15) is 46.0 Å². The highest BCUT2D eigenvalue weighted by molar-refractivity contribution is 6.38. The fourth-order valence-electron chi connectivity index (χ4n) is 1.40. The lowest BCUT2D eigenvalue weighted by Gasteiger charge is -2.03. The molecule has 17 heavy (non-hydrogen) atoms. The van der Waals surface area contributed by atoms with Crippen molar-refractivity contribution in [3.63, 3.8) is 0 Å². The van der Waals surface area contributed by atoms with Crippen LogP contribution in [0.15, 0.2) is 4.99 Å². The number of hydrogen-bond donors (Lipinski definition) is 2. The normalized spacial score (nSPS) is 11.8. The summed E-state index contributed by atoms with van der Waals surface area (Å²) in [6.07, 6.45) is 3.56. The molecular weight excluding hydrogens is 222 g/mol. The van der Waals surface area contributed by atoms with E-state index in [2.05, 4.69) is 18.8 Å². The molecule has 0 aliphatic carbocycles. The van der Waals surface area contributed by atoms with Crippen LogP contribution in [0, 0.1) is 5.92 Å². The summed E-state index contributed by atoms with van der Waals surface area (Å²) in [5.74, 6) is -1.72. The molecule has 5 heteroatoms. The molecule has 2 N–H and O–H groups in total. The third-order valence-corrected chi connectivity index (χ3v) is 2.31. The largest absolute Gasteiger partial charge is 0.481 e. The smallest absolute Gasteiger partial charge is 0.350 e. The first-order valence-corrected chi connectivity index (χ1v) is 5.92. The molecule has 0 saturated heterocycles. The Hall–Kier alpha value is -1.39. The fourth-order valence-corrected chi connectivity index (χ4v) is 1.40. The molecule has 0 aliphatic heterocycles. The Morgan fingerprint density at radius 3 is 2.24 bits per heavy atom. The summed E-state index contributed by atoms with van der Waals surface area (Å²) < 4.78 is 0. The molecule has 0 heterocycles. The van der Waals surface area contributed by atoms with E-state index >= 15 is 0 Å². The van der Waals surface area contributed by atoms with E-state index in [1.807, 2.05) is 0 Å².